The molecule has 1 aromatic rings. The van der Waals surface area contributed by atoms with E-state index in [0.717, 1.165) is 0 Å². The van der Waals surface area contributed by atoms with E-state index < -0.39 is 0 Å². The lowest BCUT2D eigenvalue weighted by molar-refractivity contribution is 1.41. The van der Waals surface area contributed by atoms with Crippen molar-refractivity contribution in [1.82, 2.24) is 0 Å². The second-order valence-corrected chi connectivity index (χ2v) is 5.65. The van der Waals surface area contributed by atoms with E-state index >= 15 is 0 Å². The third-order valence-electron chi connectivity index (χ3n) is 2.69. The molecule has 0 radical (unpaired) electrons. The molecule has 1 heterocycles. The Hall–Kier alpha value is -0.870. The molecule has 3 rings (SSSR count). The minimum Gasteiger partial charge on any atom is -0.0765 e. The number of allylic oxidation sites excluding steroid dienone is 4. The highest BCUT2D eigenvalue weighted by atomic mass is 31.1. The summed E-state index contributed by atoms with van der Waals surface area (Å²) in [7, 11) is 0.0595. The van der Waals surface area contributed by atoms with Gasteiger partial charge in [-0.25, -0.2) is 0 Å². The first kappa shape index (κ1) is 7.53. The summed E-state index contributed by atoms with van der Waals surface area (Å²) in [6.07, 6.45) is 7.27. The zero-order valence-corrected chi connectivity index (χ0v) is 8.30. The monoisotopic (exact) mass is 186 g/mol. The fourth-order valence-electron chi connectivity index (χ4n) is 1.98. The smallest absolute Gasteiger partial charge is 0.00107 e. The predicted molar refractivity (Wildman–Crippen MR) is 58.6 cm³/mol. The first-order chi connectivity index (χ1) is 6.45. The van der Waals surface area contributed by atoms with Crippen LogP contribution in [0.2, 0.25) is 0 Å². The van der Waals surface area contributed by atoms with Crippen LogP contribution >= 0.6 is 7.92 Å². The van der Waals surface area contributed by atoms with Crippen LogP contribution in [-0.4, -0.2) is 6.16 Å². The van der Waals surface area contributed by atoms with E-state index in [1.54, 1.807) is 16.2 Å². The lowest BCUT2D eigenvalue weighted by Gasteiger charge is -2.32. The molecule has 0 spiro atoms. The van der Waals surface area contributed by atoms with Crippen LogP contribution in [0.25, 0.3) is 0 Å². The van der Waals surface area contributed by atoms with E-state index in [-0.39, 0.29) is 7.92 Å². The van der Waals surface area contributed by atoms with Crippen molar-refractivity contribution in [1.29, 1.82) is 0 Å². The van der Waals surface area contributed by atoms with Crippen LogP contribution in [0.1, 0.15) is 6.42 Å². The predicted octanol–water partition coefficient (Wildman–Crippen LogP) is 3.02. The van der Waals surface area contributed by atoms with Gasteiger partial charge in [0.05, 0.1) is 0 Å². The van der Waals surface area contributed by atoms with Gasteiger partial charge in [-0.3, -0.25) is 0 Å². The SMILES string of the molecule is C1=C2CP(c3ccccc3)C2=CC1. The second-order valence-electron chi connectivity index (χ2n) is 3.48. The summed E-state index contributed by atoms with van der Waals surface area (Å²) in [4.78, 5) is 0. The van der Waals surface area contributed by atoms with Gasteiger partial charge in [-0.1, -0.05) is 42.5 Å². The molecule has 1 aliphatic heterocycles. The van der Waals surface area contributed by atoms with Crippen molar-refractivity contribution in [3.63, 3.8) is 0 Å². The summed E-state index contributed by atoms with van der Waals surface area (Å²) in [5.41, 5.74) is 1.62. The second kappa shape index (κ2) is 2.82. The number of benzene rings is 1. The quantitative estimate of drug-likeness (QED) is 0.591. The molecule has 0 aromatic heterocycles. The molecule has 0 saturated carbocycles. The zero-order chi connectivity index (χ0) is 8.67. The molecule has 1 fully saturated rings. The fourth-order valence-corrected chi connectivity index (χ4v) is 4.36. The van der Waals surface area contributed by atoms with Crippen molar-refractivity contribution in [3.8, 4) is 0 Å². The van der Waals surface area contributed by atoms with E-state index in [1.807, 2.05) is 0 Å². The largest absolute Gasteiger partial charge is 0.0765 e. The summed E-state index contributed by atoms with van der Waals surface area (Å²) in [6.45, 7) is 0. The molecular formula is C12H11P. The standard InChI is InChI=1S/C12H11P/c1-2-6-11(7-3-1)13-9-10-5-4-8-12(10)13/h1-3,5-8H,4,9H2. The molecule has 1 aliphatic carbocycles. The molecular weight excluding hydrogens is 175 g/mol. The molecule has 2 aliphatic rings. The summed E-state index contributed by atoms with van der Waals surface area (Å²) < 4.78 is 0. The van der Waals surface area contributed by atoms with Crippen LogP contribution in [0, 0.1) is 0 Å². The number of fused-ring (bicyclic) bond motifs is 1. The van der Waals surface area contributed by atoms with Crippen LogP contribution < -0.4 is 5.30 Å². The van der Waals surface area contributed by atoms with Crippen molar-refractivity contribution in [3.05, 3.63) is 53.4 Å². The number of hydrogen-bond acceptors (Lipinski definition) is 0. The highest BCUT2D eigenvalue weighted by Gasteiger charge is 2.31. The zero-order valence-electron chi connectivity index (χ0n) is 7.40. The van der Waals surface area contributed by atoms with Gasteiger partial charge in [0.1, 0.15) is 0 Å². The van der Waals surface area contributed by atoms with Crippen molar-refractivity contribution >= 4 is 13.2 Å². The van der Waals surface area contributed by atoms with Crippen LogP contribution in [-0.2, 0) is 0 Å². The van der Waals surface area contributed by atoms with Gasteiger partial charge in [-0.05, 0) is 30.5 Å². The van der Waals surface area contributed by atoms with Crippen LogP contribution in [0.3, 0.4) is 0 Å². The Morgan fingerprint density at radius 2 is 1.85 bits per heavy atom. The van der Waals surface area contributed by atoms with E-state index in [4.69, 9.17) is 0 Å². The third-order valence-corrected chi connectivity index (χ3v) is 5.32. The third kappa shape index (κ3) is 1.09. The van der Waals surface area contributed by atoms with Crippen LogP contribution in [0.5, 0.6) is 0 Å². The Balaban J connectivity index is 1.94. The molecule has 1 atom stereocenters. The Morgan fingerprint density at radius 3 is 2.62 bits per heavy atom. The average molecular weight is 186 g/mol. The molecule has 0 amide bonds. The van der Waals surface area contributed by atoms with Gasteiger partial charge in [0.25, 0.3) is 0 Å². The van der Waals surface area contributed by atoms with Crippen molar-refractivity contribution in [2.24, 2.45) is 0 Å². The van der Waals surface area contributed by atoms with Gasteiger partial charge in [0.2, 0.25) is 0 Å². The van der Waals surface area contributed by atoms with Crippen molar-refractivity contribution in [2.45, 2.75) is 6.42 Å². The van der Waals surface area contributed by atoms with Gasteiger partial charge >= 0.3 is 0 Å². The van der Waals surface area contributed by atoms with Crippen molar-refractivity contribution in [2.75, 3.05) is 6.16 Å². The highest BCUT2D eigenvalue weighted by molar-refractivity contribution is 7.72. The summed E-state index contributed by atoms with van der Waals surface area (Å²) in [6, 6.07) is 10.9. The Bertz CT molecular complexity index is 387. The maximum absolute atomic E-state index is 2.40. The fraction of sp³-hybridized carbons (Fsp3) is 0.167. The molecule has 0 bridgehead atoms. The molecule has 13 heavy (non-hydrogen) atoms. The minimum atomic E-state index is 0.0595. The molecule has 64 valence electrons. The molecule has 1 unspecified atom stereocenters. The van der Waals surface area contributed by atoms with Gasteiger partial charge in [-0.2, -0.15) is 0 Å². The normalized spacial score (nSPS) is 24.5. The van der Waals surface area contributed by atoms with Crippen molar-refractivity contribution < 1.29 is 0 Å². The first-order valence-electron chi connectivity index (χ1n) is 4.67. The van der Waals surface area contributed by atoms with E-state index in [1.165, 1.54) is 12.6 Å². The van der Waals surface area contributed by atoms with Gasteiger partial charge < -0.3 is 0 Å². The van der Waals surface area contributed by atoms with Crippen LogP contribution in [0.15, 0.2) is 53.4 Å². The molecule has 1 aromatic carbocycles. The van der Waals surface area contributed by atoms with Crippen LogP contribution in [0.4, 0.5) is 0 Å². The Kier molecular flexibility index (Phi) is 1.63. The number of hydrogen-bond donors (Lipinski definition) is 0. The van der Waals surface area contributed by atoms with E-state index in [2.05, 4.69) is 42.5 Å². The Labute approximate surface area is 79.7 Å². The summed E-state index contributed by atoms with van der Waals surface area (Å²) in [5.74, 6) is 0. The van der Waals surface area contributed by atoms with Gasteiger partial charge in [-0.15, -0.1) is 0 Å². The molecule has 1 saturated heterocycles. The lowest BCUT2D eigenvalue weighted by atomic mass is 10.3. The first-order valence-corrected chi connectivity index (χ1v) is 6.20. The van der Waals surface area contributed by atoms with E-state index in [9.17, 15) is 0 Å². The van der Waals surface area contributed by atoms with E-state index in [0.29, 0.717) is 0 Å². The lowest BCUT2D eigenvalue weighted by Crippen LogP contribution is -2.14. The molecule has 0 nitrogen and oxygen atoms in total. The van der Waals surface area contributed by atoms with Gasteiger partial charge in [0.15, 0.2) is 0 Å². The summed E-state index contributed by atoms with van der Waals surface area (Å²) in [5, 5.41) is 3.20. The maximum Gasteiger partial charge on any atom is 0.00107 e. The minimum absolute atomic E-state index is 0.0595. The average Bonchev–Trinajstić information content (AvgIpc) is 2.50. The summed E-state index contributed by atoms with van der Waals surface area (Å²) >= 11 is 0. The number of rotatable bonds is 1. The Morgan fingerprint density at radius 1 is 1.00 bits per heavy atom. The molecule has 0 N–H and O–H groups in total. The maximum atomic E-state index is 2.40. The highest BCUT2D eigenvalue weighted by Crippen LogP contribution is 2.60. The van der Waals surface area contributed by atoms with Gasteiger partial charge in [0, 0.05) is 6.16 Å². The topological polar surface area (TPSA) is 0 Å². The molecule has 1 heteroatoms.